The van der Waals surface area contributed by atoms with E-state index in [1.165, 1.54) is 14.0 Å². The van der Waals surface area contributed by atoms with Crippen LogP contribution in [0.2, 0.25) is 0 Å². The lowest BCUT2D eigenvalue weighted by Crippen LogP contribution is -2.32. The van der Waals surface area contributed by atoms with Gasteiger partial charge in [-0.05, 0) is 49.4 Å². The molecule has 1 atom stereocenters. The van der Waals surface area contributed by atoms with Crippen LogP contribution in [-0.2, 0) is 14.4 Å². The zero-order valence-corrected chi connectivity index (χ0v) is 17.8. The van der Waals surface area contributed by atoms with E-state index in [0.717, 1.165) is 5.69 Å². The van der Waals surface area contributed by atoms with Crippen LogP contribution >= 0.6 is 0 Å². The van der Waals surface area contributed by atoms with Gasteiger partial charge in [-0.15, -0.1) is 0 Å². The number of hydrogen-bond donors (Lipinski definition) is 4. The van der Waals surface area contributed by atoms with E-state index >= 15 is 0 Å². The Kier molecular flexibility index (Phi) is 7.80. The second kappa shape index (κ2) is 10.3. The molecule has 160 valence electrons. The van der Waals surface area contributed by atoms with Gasteiger partial charge in [0.1, 0.15) is 11.8 Å². The van der Waals surface area contributed by atoms with Crippen LogP contribution in [0.3, 0.4) is 0 Å². The maximum atomic E-state index is 12.6. The number of benzene rings is 2. The zero-order chi connectivity index (χ0) is 22.3. The molecule has 4 N–H and O–H groups in total. The minimum atomic E-state index is -0.546. The number of carbonyl (C=O) groups is 3. The first-order chi connectivity index (χ1) is 14.2. The molecular formula is C22H28N4O4. The molecule has 0 fully saturated rings. The van der Waals surface area contributed by atoms with Crippen molar-refractivity contribution in [1.29, 1.82) is 0 Å². The molecule has 2 aromatic rings. The van der Waals surface area contributed by atoms with Gasteiger partial charge in [0.2, 0.25) is 17.7 Å². The first kappa shape index (κ1) is 22.7. The van der Waals surface area contributed by atoms with Crippen LogP contribution in [0.5, 0.6) is 5.75 Å². The van der Waals surface area contributed by atoms with Crippen LogP contribution in [0, 0.1) is 5.92 Å². The van der Waals surface area contributed by atoms with Crippen molar-refractivity contribution in [2.24, 2.45) is 5.92 Å². The number of amides is 3. The average molecular weight is 412 g/mol. The molecule has 0 bridgehead atoms. The average Bonchev–Trinajstić information content (AvgIpc) is 2.69. The molecule has 0 spiro atoms. The summed E-state index contributed by atoms with van der Waals surface area (Å²) in [6, 6.07) is 11.6. The zero-order valence-electron chi connectivity index (χ0n) is 17.8. The summed E-state index contributed by atoms with van der Waals surface area (Å²) in [4.78, 5) is 35.7. The van der Waals surface area contributed by atoms with Crippen molar-refractivity contribution >= 4 is 40.5 Å². The molecule has 2 aromatic carbocycles. The normalized spacial score (nSPS) is 11.4. The van der Waals surface area contributed by atoms with Gasteiger partial charge in [0.15, 0.2) is 0 Å². The van der Waals surface area contributed by atoms with Crippen LogP contribution < -0.4 is 26.0 Å². The molecule has 0 aliphatic heterocycles. The quantitative estimate of drug-likeness (QED) is 0.529. The summed E-state index contributed by atoms with van der Waals surface area (Å²) in [6.45, 7) is 6.79. The number of methoxy groups -OCH3 is 1. The molecule has 0 aliphatic carbocycles. The highest BCUT2D eigenvalue weighted by atomic mass is 16.5. The first-order valence-electron chi connectivity index (χ1n) is 9.63. The van der Waals surface area contributed by atoms with Crippen LogP contribution in [-0.4, -0.2) is 30.9 Å². The van der Waals surface area contributed by atoms with Gasteiger partial charge in [-0.3, -0.25) is 14.4 Å². The second-order valence-corrected chi connectivity index (χ2v) is 7.17. The van der Waals surface area contributed by atoms with Crippen LogP contribution in [0.1, 0.15) is 27.7 Å². The standard InChI is InChI=1S/C22H28N4O4/c1-13(2)21(28)25-17-8-6-16(7-9-17)23-14(3)22(29)26-19-12-18(24-15(4)27)10-11-20(19)30-5/h6-14,23H,1-5H3,(H,24,27)(H,25,28)(H,26,29). The van der Waals surface area contributed by atoms with E-state index in [0.29, 0.717) is 22.8 Å². The van der Waals surface area contributed by atoms with Crippen molar-refractivity contribution in [3.8, 4) is 5.75 Å². The highest BCUT2D eigenvalue weighted by Crippen LogP contribution is 2.28. The fraction of sp³-hybridized carbons (Fsp3) is 0.318. The van der Waals surface area contributed by atoms with Crippen LogP contribution in [0.4, 0.5) is 22.7 Å². The predicted octanol–water partition coefficient (Wildman–Crippen LogP) is 3.69. The second-order valence-electron chi connectivity index (χ2n) is 7.17. The summed E-state index contributed by atoms with van der Waals surface area (Å²) < 4.78 is 5.28. The number of nitrogens with one attached hydrogen (secondary N) is 4. The lowest BCUT2D eigenvalue weighted by Gasteiger charge is -2.18. The molecule has 8 nitrogen and oxygen atoms in total. The third kappa shape index (κ3) is 6.51. The van der Waals surface area contributed by atoms with Gasteiger partial charge in [0.25, 0.3) is 0 Å². The Morgan fingerprint density at radius 1 is 0.800 bits per heavy atom. The Labute approximate surface area is 176 Å². The smallest absolute Gasteiger partial charge is 0.246 e. The third-order valence-corrected chi connectivity index (χ3v) is 4.23. The summed E-state index contributed by atoms with van der Waals surface area (Å²) >= 11 is 0. The summed E-state index contributed by atoms with van der Waals surface area (Å²) in [7, 11) is 1.50. The largest absolute Gasteiger partial charge is 0.495 e. The Hall–Kier alpha value is -3.55. The van der Waals surface area contributed by atoms with E-state index in [2.05, 4.69) is 21.3 Å². The summed E-state index contributed by atoms with van der Waals surface area (Å²) in [5, 5.41) is 11.4. The lowest BCUT2D eigenvalue weighted by atomic mass is 10.2. The van der Waals surface area contributed by atoms with Gasteiger partial charge in [0, 0.05) is 29.9 Å². The van der Waals surface area contributed by atoms with E-state index in [4.69, 9.17) is 4.74 Å². The monoisotopic (exact) mass is 412 g/mol. The number of rotatable bonds is 8. The van der Waals surface area contributed by atoms with Crippen molar-refractivity contribution in [2.75, 3.05) is 28.4 Å². The van der Waals surface area contributed by atoms with Gasteiger partial charge < -0.3 is 26.0 Å². The van der Waals surface area contributed by atoms with E-state index in [1.807, 2.05) is 13.8 Å². The van der Waals surface area contributed by atoms with Crippen molar-refractivity contribution in [2.45, 2.75) is 33.7 Å². The SMILES string of the molecule is COc1ccc(NC(C)=O)cc1NC(=O)C(C)Nc1ccc(NC(=O)C(C)C)cc1. The Morgan fingerprint density at radius 3 is 1.97 bits per heavy atom. The molecule has 30 heavy (non-hydrogen) atoms. The lowest BCUT2D eigenvalue weighted by molar-refractivity contribution is -0.119. The third-order valence-electron chi connectivity index (χ3n) is 4.23. The Bertz CT molecular complexity index is 910. The number of hydrogen-bond acceptors (Lipinski definition) is 5. The molecule has 0 aliphatic rings. The highest BCUT2D eigenvalue weighted by molar-refractivity contribution is 5.99. The number of anilines is 4. The molecule has 3 amide bonds. The number of ether oxygens (including phenoxy) is 1. The molecule has 8 heteroatoms. The van der Waals surface area contributed by atoms with E-state index in [1.54, 1.807) is 49.4 Å². The minimum absolute atomic E-state index is 0.0566. The maximum Gasteiger partial charge on any atom is 0.246 e. The Balaban J connectivity index is 2.02. The topological polar surface area (TPSA) is 109 Å². The van der Waals surface area contributed by atoms with Gasteiger partial charge >= 0.3 is 0 Å². The van der Waals surface area contributed by atoms with E-state index in [-0.39, 0.29) is 23.6 Å². The van der Waals surface area contributed by atoms with Crippen LogP contribution in [0.15, 0.2) is 42.5 Å². The first-order valence-corrected chi connectivity index (χ1v) is 9.63. The van der Waals surface area contributed by atoms with Crippen molar-refractivity contribution in [3.05, 3.63) is 42.5 Å². The molecular weight excluding hydrogens is 384 g/mol. The van der Waals surface area contributed by atoms with E-state index < -0.39 is 6.04 Å². The number of carbonyl (C=O) groups excluding carboxylic acids is 3. The molecule has 0 heterocycles. The predicted molar refractivity (Wildman–Crippen MR) is 119 cm³/mol. The molecule has 2 rings (SSSR count). The van der Waals surface area contributed by atoms with Gasteiger partial charge in [-0.25, -0.2) is 0 Å². The molecule has 1 unspecified atom stereocenters. The fourth-order valence-corrected chi connectivity index (χ4v) is 2.58. The highest BCUT2D eigenvalue weighted by Gasteiger charge is 2.16. The van der Waals surface area contributed by atoms with Gasteiger partial charge in [-0.1, -0.05) is 13.8 Å². The van der Waals surface area contributed by atoms with Gasteiger partial charge in [-0.2, -0.15) is 0 Å². The Morgan fingerprint density at radius 2 is 1.40 bits per heavy atom. The molecule has 0 aromatic heterocycles. The van der Waals surface area contributed by atoms with Crippen molar-refractivity contribution in [1.82, 2.24) is 0 Å². The fourth-order valence-electron chi connectivity index (χ4n) is 2.58. The summed E-state index contributed by atoms with van der Waals surface area (Å²) in [6.07, 6.45) is 0. The van der Waals surface area contributed by atoms with Crippen molar-refractivity contribution < 1.29 is 19.1 Å². The molecule has 0 radical (unpaired) electrons. The molecule has 0 saturated carbocycles. The van der Waals surface area contributed by atoms with Gasteiger partial charge in [0.05, 0.1) is 12.8 Å². The summed E-state index contributed by atoms with van der Waals surface area (Å²) in [5.41, 5.74) is 2.43. The van der Waals surface area contributed by atoms with Crippen molar-refractivity contribution in [3.63, 3.8) is 0 Å². The molecule has 0 saturated heterocycles. The minimum Gasteiger partial charge on any atom is -0.495 e. The van der Waals surface area contributed by atoms with Crippen LogP contribution in [0.25, 0.3) is 0 Å². The maximum absolute atomic E-state index is 12.6. The van der Waals surface area contributed by atoms with E-state index in [9.17, 15) is 14.4 Å². The summed E-state index contributed by atoms with van der Waals surface area (Å²) in [5.74, 6) is -0.160.